The number of nitrogens with zero attached hydrogens (tertiary/aromatic N) is 1. The molecule has 3 aromatic rings. The first kappa shape index (κ1) is 30.2. The SMILES string of the molecule is CCC(C)C(C(=O)NC(Cc1cc(Cl)c(O)c(Cl)c1)C(=O)O)N(C)C(=O)OCC1c2ccccc2-c2ccccc21. The van der Waals surface area contributed by atoms with Crippen molar-refractivity contribution in [2.24, 2.45) is 5.92 Å². The Bertz CT molecular complexity index is 1390. The average molecular weight is 600 g/mol. The monoisotopic (exact) mass is 598 g/mol. The van der Waals surface area contributed by atoms with Gasteiger partial charge in [0.05, 0.1) is 10.0 Å². The van der Waals surface area contributed by atoms with Crippen LogP contribution in [0.15, 0.2) is 60.7 Å². The number of amides is 2. The van der Waals surface area contributed by atoms with Crippen LogP contribution in [0.4, 0.5) is 4.79 Å². The molecule has 0 heterocycles. The summed E-state index contributed by atoms with van der Waals surface area (Å²) < 4.78 is 5.75. The summed E-state index contributed by atoms with van der Waals surface area (Å²) in [4.78, 5) is 40.0. The van der Waals surface area contributed by atoms with Crippen molar-refractivity contribution < 1.29 is 29.3 Å². The van der Waals surface area contributed by atoms with Gasteiger partial charge in [-0.05, 0) is 45.9 Å². The van der Waals surface area contributed by atoms with Crippen LogP contribution < -0.4 is 5.32 Å². The van der Waals surface area contributed by atoms with Crippen molar-refractivity contribution in [2.45, 2.75) is 44.7 Å². The van der Waals surface area contributed by atoms with Crippen LogP contribution in [0.5, 0.6) is 5.75 Å². The normalized spacial score (nSPS) is 14.4. The maximum absolute atomic E-state index is 13.5. The van der Waals surface area contributed by atoms with E-state index < -0.39 is 30.1 Å². The molecule has 4 rings (SSSR count). The number of carbonyl (C=O) groups excluding carboxylic acids is 2. The second-order valence-electron chi connectivity index (χ2n) is 10.3. The molecule has 1 aliphatic rings. The van der Waals surface area contributed by atoms with E-state index in [1.807, 2.05) is 62.4 Å². The number of nitrogens with one attached hydrogen (secondary N) is 1. The van der Waals surface area contributed by atoms with Crippen LogP contribution in [0.25, 0.3) is 11.1 Å². The number of hydrogen-bond donors (Lipinski definition) is 3. The van der Waals surface area contributed by atoms with E-state index in [1.54, 1.807) is 0 Å². The minimum atomic E-state index is -1.33. The number of ether oxygens (including phenoxy) is 1. The smallest absolute Gasteiger partial charge is 0.410 e. The van der Waals surface area contributed by atoms with Gasteiger partial charge in [0.1, 0.15) is 18.7 Å². The third kappa shape index (κ3) is 6.44. The van der Waals surface area contributed by atoms with Gasteiger partial charge in [-0.1, -0.05) is 92.0 Å². The molecule has 3 N–H and O–H groups in total. The van der Waals surface area contributed by atoms with Crippen molar-refractivity contribution in [3.05, 3.63) is 87.4 Å². The number of aliphatic carboxylic acids is 1. The van der Waals surface area contributed by atoms with Crippen LogP contribution in [0.2, 0.25) is 10.0 Å². The number of carbonyl (C=O) groups is 3. The second kappa shape index (κ2) is 12.8. The Morgan fingerprint density at radius 1 is 1.00 bits per heavy atom. The maximum atomic E-state index is 13.5. The van der Waals surface area contributed by atoms with Gasteiger partial charge in [0.2, 0.25) is 5.91 Å². The molecular weight excluding hydrogens is 567 g/mol. The molecule has 0 saturated heterocycles. The van der Waals surface area contributed by atoms with Crippen molar-refractivity contribution >= 4 is 41.2 Å². The lowest BCUT2D eigenvalue weighted by molar-refractivity contribution is -0.142. The Hall–Kier alpha value is -3.75. The van der Waals surface area contributed by atoms with Crippen molar-refractivity contribution in [3.63, 3.8) is 0 Å². The Kier molecular flexibility index (Phi) is 9.46. The molecule has 3 unspecified atom stereocenters. The summed E-state index contributed by atoms with van der Waals surface area (Å²) in [6, 6.07) is 16.5. The Morgan fingerprint density at radius 3 is 2.05 bits per heavy atom. The third-order valence-corrected chi connectivity index (χ3v) is 8.20. The zero-order valence-corrected chi connectivity index (χ0v) is 24.4. The molecule has 10 heteroatoms. The highest BCUT2D eigenvalue weighted by atomic mass is 35.5. The van der Waals surface area contributed by atoms with Crippen LogP contribution in [-0.4, -0.2) is 58.8 Å². The molecule has 8 nitrogen and oxygen atoms in total. The van der Waals surface area contributed by atoms with Crippen LogP contribution in [0, 0.1) is 5.92 Å². The molecule has 0 aliphatic heterocycles. The first-order valence-electron chi connectivity index (χ1n) is 13.3. The largest absolute Gasteiger partial charge is 0.505 e. The van der Waals surface area contributed by atoms with Crippen LogP contribution in [0.3, 0.4) is 0 Å². The number of likely N-dealkylation sites (N-methyl/N-ethyl adjacent to an activating group) is 1. The number of aromatic hydroxyl groups is 1. The van der Waals surface area contributed by atoms with E-state index in [2.05, 4.69) is 5.32 Å². The lowest BCUT2D eigenvalue weighted by Crippen LogP contribution is -2.55. The molecule has 1 aliphatic carbocycles. The second-order valence-corrected chi connectivity index (χ2v) is 11.1. The molecule has 0 spiro atoms. The van der Waals surface area contributed by atoms with Gasteiger partial charge in [-0.25, -0.2) is 9.59 Å². The molecule has 0 fully saturated rings. The van der Waals surface area contributed by atoms with Gasteiger partial charge in [0.25, 0.3) is 0 Å². The fraction of sp³-hybridized carbons (Fsp3) is 0.323. The topological polar surface area (TPSA) is 116 Å². The average Bonchev–Trinajstić information content (AvgIpc) is 3.27. The van der Waals surface area contributed by atoms with Gasteiger partial charge in [-0.15, -0.1) is 0 Å². The molecule has 0 radical (unpaired) electrons. The Balaban J connectivity index is 1.48. The Labute approximate surface area is 248 Å². The molecule has 0 aromatic heterocycles. The van der Waals surface area contributed by atoms with Crippen LogP contribution >= 0.6 is 23.2 Å². The van der Waals surface area contributed by atoms with E-state index in [0.29, 0.717) is 12.0 Å². The van der Waals surface area contributed by atoms with Crippen LogP contribution in [-0.2, 0) is 20.7 Å². The minimum Gasteiger partial charge on any atom is -0.505 e. The highest BCUT2D eigenvalue weighted by molar-refractivity contribution is 6.37. The number of phenolic OH excluding ortho intramolecular Hbond substituents is 1. The first-order valence-corrected chi connectivity index (χ1v) is 14.1. The lowest BCUT2D eigenvalue weighted by atomic mass is 9.96. The number of halogens is 2. The van der Waals surface area contributed by atoms with Gasteiger partial charge in [-0.2, -0.15) is 0 Å². The number of benzene rings is 3. The van der Waals surface area contributed by atoms with Gasteiger partial charge in [0, 0.05) is 19.4 Å². The molecule has 3 aromatic carbocycles. The summed E-state index contributed by atoms with van der Waals surface area (Å²) in [5.74, 6) is -2.65. The fourth-order valence-corrected chi connectivity index (χ4v) is 5.81. The van der Waals surface area contributed by atoms with E-state index in [0.717, 1.165) is 22.3 Å². The summed E-state index contributed by atoms with van der Waals surface area (Å²) >= 11 is 12.0. The first-order chi connectivity index (χ1) is 19.5. The van der Waals surface area contributed by atoms with Gasteiger partial charge in [0.15, 0.2) is 5.75 Å². The number of rotatable bonds is 10. The third-order valence-electron chi connectivity index (χ3n) is 7.62. The van der Waals surface area contributed by atoms with Crippen molar-refractivity contribution in [1.29, 1.82) is 0 Å². The predicted octanol–water partition coefficient (Wildman–Crippen LogP) is 6.11. The highest BCUT2D eigenvalue weighted by Gasteiger charge is 2.36. The molecule has 0 saturated carbocycles. The van der Waals surface area contributed by atoms with Crippen molar-refractivity contribution in [3.8, 4) is 16.9 Å². The summed E-state index contributed by atoms with van der Waals surface area (Å²) in [5, 5.41) is 22.1. The standard InChI is InChI=1S/C31H32Cl2N2O6/c1-4-17(2)27(29(37)34-26(30(38)39)15-18-13-24(32)28(36)25(33)14-18)35(3)31(40)41-16-23-21-11-7-5-9-19(21)20-10-6-8-12-22(20)23/h5-14,17,23,26-27,36H,4,15-16H2,1-3H3,(H,34,37)(H,38,39). The number of hydrogen-bond acceptors (Lipinski definition) is 5. The van der Waals surface area contributed by atoms with Gasteiger partial charge < -0.3 is 20.3 Å². The van der Waals surface area contributed by atoms with E-state index in [-0.39, 0.29) is 40.7 Å². The molecule has 41 heavy (non-hydrogen) atoms. The number of phenols is 1. The molecule has 216 valence electrons. The van der Waals surface area contributed by atoms with E-state index in [4.69, 9.17) is 27.9 Å². The van der Waals surface area contributed by atoms with E-state index in [9.17, 15) is 24.6 Å². The van der Waals surface area contributed by atoms with E-state index >= 15 is 0 Å². The fourth-order valence-electron chi connectivity index (χ4n) is 5.28. The summed E-state index contributed by atoms with van der Waals surface area (Å²) in [6.45, 7) is 3.78. The number of carboxylic acids is 1. The summed E-state index contributed by atoms with van der Waals surface area (Å²) in [6.07, 6.45) is -0.265. The van der Waals surface area contributed by atoms with Gasteiger partial charge >= 0.3 is 12.1 Å². The summed E-state index contributed by atoms with van der Waals surface area (Å²) in [5.41, 5.74) is 4.75. The highest BCUT2D eigenvalue weighted by Crippen LogP contribution is 2.44. The summed E-state index contributed by atoms with van der Waals surface area (Å²) in [7, 11) is 1.48. The molecular formula is C31H32Cl2N2O6. The molecule has 2 amide bonds. The molecule has 0 bridgehead atoms. The van der Waals surface area contributed by atoms with Crippen molar-refractivity contribution in [2.75, 3.05) is 13.7 Å². The molecule has 3 atom stereocenters. The minimum absolute atomic E-state index is 0.0320. The number of fused-ring (bicyclic) bond motifs is 3. The predicted molar refractivity (Wildman–Crippen MR) is 157 cm³/mol. The zero-order valence-electron chi connectivity index (χ0n) is 22.9. The Morgan fingerprint density at radius 2 is 1.54 bits per heavy atom. The van der Waals surface area contributed by atoms with E-state index in [1.165, 1.54) is 24.1 Å². The van der Waals surface area contributed by atoms with Crippen molar-refractivity contribution in [1.82, 2.24) is 10.2 Å². The van der Waals surface area contributed by atoms with Gasteiger partial charge in [-0.3, -0.25) is 9.69 Å². The van der Waals surface area contributed by atoms with Crippen LogP contribution in [0.1, 0.15) is 42.9 Å². The zero-order chi connectivity index (χ0) is 29.8. The number of carboxylic acid groups (broad SMARTS) is 1. The quantitative estimate of drug-likeness (QED) is 0.259. The lowest BCUT2D eigenvalue weighted by Gasteiger charge is -2.32. The maximum Gasteiger partial charge on any atom is 0.410 e.